The van der Waals surface area contributed by atoms with Crippen LogP contribution in [-0.4, -0.2) is 27.1 Å². The van der Waals surface area contributed by atoms with Crippen molar-refractivity contribution in [2.45, 2.75) is 25.9 Å². The quantitative estimate of drug-likeness (QED) is 0.794. The lowest BCUT2D eigenvalue weighted by molar-refractivity contribution is 0.238. The zero-order chi connectivity index (χ0) is 11.4. The number of hydrogen-bond donors (Lipinski definition) is 2. The minimum Gasteiger partial charge on any atom is -0.395 e. The van der Waals surface area contributed by atoms with Crippen molar-refractivity contribution in [1.82, 2.24) is 14.7 Å². The topological polar surface area (TPSA) is 49.6 Å². The highest BCUT2D eigenvalue weighted by atomic mass is 16.3. The molecule has 0 amide bonds. The number of imidazole rings is 1. The zero-order valence-corrected chi connectivity index (χ0v) is 9.43. The fourth-order valence-electron chi connectivity index (χ4n) is 1.70. The Bertz CT molecular complexity index is 448. The lowest BCUT2D eigenvalue weighted by Gasteiger charge is -2.13. The summed E-state index contributed by atoms with van der Waals surface area (Å²) in [6, 6.07) is 6.10. The molecule has 4 nitrogen and oxygen atoms in total. The van der Waals surface area contributed by atoms with E-state index in [0.717, 1.165) is 24.3 Å². The van der Waals surface area contributed by atoms with Crippen LogP contribution < -0.4 is 5.32 Å². The highest BCUT2D eigenvalue weighted by Gasteiger charge is 2.06. The van der Waals surface area contributed by atoms with Gasteiger partial charge in [0.15, 0.2) is 0 Å². The third-order valence-corrected chi connectivity index (χ3v) is 2.78. The molecule has 2 N–H and O–H groups in total. The molecule has 86 valence electrons. The van der Waals surface area contributed by atoms with Gasteiger partial charge in [-0.2, -0.15) is 0 Å². The van der Waals surface area contributed by atoms with Crippen molar-refractivity contribution in [3.8, 4) is 0 Å². The number of hydrogen-bond acceptors (Lipinski definition) is 3. The highest BCUT2D eigenvalue weighted by molar-refractivity contribution is 5.39. The van der Waals surface area contributed by atoms with Crippen molar-refractivity contribution in [2.75, 3.05) is 6.61 Å². The molecule has 0 radical (unpaired) electrons. The molecule has 0 aliphatic rings. The summed E-state index contributed by atoms with van der Waals surface area (Å²) < 4.78 is 2.05. The second kappa shape index (κ2) is 5.09. The van der Waals surface area contributed by atoms with Crippen LogP contribution >= 0.6 is 0 Å². The van der Waals surface area contributed by atoms with Crippen LogP contribution in [0.5, 0.6) is 0 Å². The van der Waals surface area contributed by atoms with Gasteiger partial charge in [0.1, 0.15) is 5.65 Å². The normalized spacial score (nSPS) is 13.1. The Labute approximate surface area is 94.9 Å². The number of nitrogens with one attached hydrogen (secondary N) is 1. The molecule has 0 aromatic carbocycles. The fourth-order valence-corrected chi connectivity index (χ4v) is 1.70. The van der Waals surface area contributed by atoms with E-state index in [4.69, 9.17) is 5.11 Å². The van der Waals surface area contributed by atoms with Crippen LogP contribution in [0.3, 0.4) is 0 Å². The standard InChI is InChI=1S/C12H17N3O/c1-2-10(9-16)13-7-11-8-14-12-5-3-4-6-15(11)12/h3-6,8,10,13,16H,2,7,9H2,1H3/t10-/m1/s1. The molecule has 0 saturated heterocycles. The monoisotopic (exact) mass is 219 g/mol. The molecule has 0 aliphatic carbocycles. The smallest absolute Gasteiger partial charge is 0.136 e. The molecule has 0 unspecified atom stereocenters. The summed E-state index contributed by atoms with van der Waals surface area (Å²) >= 11 is 0. The first kappa shape index (κ1) is 11.1. The van der Waals surface area contributed by atoms with Crippen molar-refractivity contribution in [1.29, 1.82) is 0 Å². The summed E-state index contributed by atoms with van der Waals surface area (Å²) in [5.74, 6) is 0. The second-order valence-electron chi connectivity index (χ2n) is 3.85. The number of fused-ring (bicyclic) bond motifs is 1. The van der Waals surface area contributed by atoms with Crippen LogP contribution in [-0.2, 0) is 6.54 Å². The van der Waals surface area contributed by atoms with Gasteiger partial charge in [-0.1, -0.05) is 13.0 Å². The van der Waals surface area contributed by atoms with Gasteiger partial charge in [-0.25, -0.2) is 4.98 Å². The first-order valence-electron chi connectivity index (χ1n) is 5.60. The fraction of sp³-hybridized carbons (Fsp3) is 0.417. The van der Waals surface area contributed by atoms with Gasteiger partial charge in [-0.15, -0.1) is 0 Å². The second-order valence-corrected chi connectivity index (χ2v) is 3.85. The maximum Gasteiger partial charge on any atom is 0.136 e. The van der Waals surface area contributed by atoms with E-state index in [2.05, 4.69) is 21.6 Å². The molecule has 0 bridgehead atoms. The van der Waals surface area contributed by atoms with Gasteiger partial charge >= 0.3 is 0 Å². The highest BCUT2D eigenvalue weighted by Crippen LogP contribution is 2.06. The van der Waals surface area contributed by atoms with Gasteiger partial charge in [-0.05, 0) is 18.6 Å². The van der Waals surface area contributed by atoms with Crippen molar-refractivity contribution in [3.63, 3.8) is 0 Å². The maximum atomic E-state index is 9.08. The van der Waals surface area contributed by atoms with E-state index in [0.29, 0.717) is 0 Å². The molecule has 16 heavy (non-hydrogen) atoms. The Morgan fingerprint density at radius 2 is 2.38 bits per heavy atom. The SMILES string of the molecule is CC[C@H](CO)NCc1cnc2ccccn12. The van der Waals surface area contributed by atoms with Crippen LogP contribution in [0.25, 0.3) is 5.65 Å². The van der Waals surface area contributed by atoms with Crippen LogP contribution in [0, 0.1) is 0 Å². The Morgan fingerprint density at radius 3 is 3.12 bits per heavy atom. The summed E-state index contributed by atoms with van der Waals surface area (Å²) in [4.78, 5) is 4.31. The van der Waals surface area contributed by atoms with E-state index in [1.165, 1.54) is 0 Å². The van der Waals surface area contributed by atoms with E-state index in [9.17, 15) is 0 Å². The van der Waals surface area contributed by atoms with E-state index in [1.807, 2.05) is 30.6 Å². The number of pyridine rings is 1. The minimum absolute atomic E-state index is 0.161. The van der Waals surface area contributed by atoms with E-state index in [-0.39, 0.29) is 12.6 Å². The van der Waals surface area contributed by atoms with Crippen LogP contribution in [0.15, 0.2) is 30.6 Å². The largest absolute Gasteiger partial charge is 0.395 e. The molecule has 2 aromatic heterocycles. The number of aromatic nitrogens is 2. The Hall–Kier alpha value is -1.39. The van der Waals surface area contributed by atoms with E-state index in [1.54, 1.807) is 0 Å². The molecule has 0 spiro atoms. The van der Waals surface area contributed by atoms with Gasteiger partial charge in [0.2, 0.25) is 0 Å². The molecular weight excluding hydrogens is 202 g/mol. The molecule has 2 aromatic rings. The van der Waals surface area contributed by atoms with Crippen molar-refractivity contribution >= 4 is 5.65 Å². The van der Waals surface area contributed by atoms with Gasteiger partial charge in [0, 0.05) is 18.8 Å². The summed E-state index contributed by atoms with van der Waals surface area (Å²) in [5.41, 5.74) is 2.07. The molecule has 2 rings (SSSR count). The number of rotatable bonds is 5. The van der Waals surface area contributed by atoms with Crippen LogP contribution in [0.1, 0.15) is 19.0 Å². The summed E-state index contributed by atoms with van der Waals surface area (Å²) in [6.07, 6.45) is 4.79. The molecule has 4 heteroatoms. The Balaban J connectivity index is 2.09. The number of nitrogens with zero attached hydrogens (tertiary/aromatic N) is 2. The minimum atomic E-state index is 0.161. The molecule has 0 fully saturated rings. The summed E-state index contributed by atoms with van der Waals surface area (Å²) in [5, 5.41) is 12.4. The van der Waals surface area contributed by atoms with Crippen molar-refractivity contribution in [3.05, 3.63) is 36.3 Å². The molecule has 0 aliphatic heterocycles. The lowest BCUT2D eigenvalue weighted by Crippen LogP contribution is -2.31. The van der Waals surface area contributed by atoms with E-state index >= 15 is 0 Å². The van der Waals surface area contributed by atoms with E-state index < -0.39 is 0 Å². The summed E-state index contributed by atoms with van der Waals surface area (Å²) in [7, 11) is 0. The maximum absolute atomic E-state index is 9.08. The predicted octanol–water partition coefficient (Wildman–Crippen LogP) is 1.19. The molecule has 1 atom stereocenters. The first-order chi connectivity index (χ1) is 7.85. The third kappa shape index (κ3) is 2.23. The molecule has 0 saturated carbocycles. The number of aliphatic hydroxyl groups is 1. The van der Waals surface area contributed by atoms with Crippen molar-refractivity contribution < 1.29 is 5.11 Å². The Morgan fingerprint density at radius 1 is 1.50 bits per heavy atom. The number of aliphatic hydroxyl groups excluding tert-OH is 1. The average molecular weight is 219 g/mol. The zero-order valence-electron chi connectivity index (χ0n) is 9.43. The van der Waals surface area contributed by atoms with Gasteiger partial charge in [-0.3, -0.25) is 0 Å². The first-order valence-corrected chi connectivity index (χ1v) is 5.60. The molecular formula is C12H17N3O. The van der Waals surface area contributed by atoms with Gasteiger partial charge in [0.05, 0.1) is 18.5 Å². The Kier molecular flexibility index (Phi) is 3.54. The van der Waals surface area contributed by atoms with Crippen LogP contribution in [0.4, 0.5) is 0 Å². The predicted molar refractivity (Wildman–Crippen MR) is 63.2 cm³/mol. The average Bonchev–Trinajstić information content (AvgIpc) is 2.74. The van der Waals surface area contributed by atoms with Gasteiger partial charge < -0.3 is 14.8 Å². The summed E-state index contributed by atoms with van der Waals surface area (Å²) in [6.45, 7) is 2.96. The van der Waals surface area contributed by atoms with Crippen molar-refractivity contribution in [2.24, 2.45) is 0 Å². The van der Waals surface area contributed by atoms with Crippen LogP contribution in [0.2, 0.25) is 0 Å². The van der Waals surface area contributed by atoms with Gasteiger partial charge in [0.25, 0.3) is 0 Å². The lowest BCUT2D eigenvalue weighted by atomic mass is 10.2. The molecule has 2 heterocycles. The third-order valence-electron chi connectivity index (χ3n) is 2.78.